The number of carbonyl (C=O) groups excluding carboxylic acids is 1. The Bertz CT molecular complexity index is 664. The summed E-state index contributed by atoms with van der Waals surface area (Å²) in [4.78, 5) is 17.2. The van der Waals surface area contributed by atoms with Crippen LogP contribution in [0.2, 0.25) is 0 Å². The Labute approximate surface area is 126 Å². The molecule has 108 valence electrons. The van der Waals surface area contributed by atoms with Gasteiger partial charge in [-0.3, -0.25) is 0 Å². The van der Waals surface area contributed by atoms with Gasteiger partial charge in [0.05, 0.1) is 5.71 Å². The van der Waals surface area contributed by atoms with Gasteiger partial charge < -0.3 is 4.84 Å². The molecule has 2 unspecified atom stereocenters. The Kier molecular flexibility index (Phi) is 3.84. The number of thiophene rings is 1. The smallest absolute Gasteiger partial charge is 0.312 e. The number of nitrogens with zero attached hydrogens (tertiary/aromatic N) is 1. The molecule has 1 fully saturated rings. The Balaban J connectivity index is 1.59. The van der Waals surface area contributed by atoms with Crippen LogP contribution in [0.3, 0.4) is 0 Å². The lowest BCUT2D eigenvalue weighted by atomic mass is 10.1. The van der Waals surface area contributed by atoms with Crippen molar-refractivity contribution in [3.05, 3.63) is 58.0 Å². The van der Waals surface area contributed by atoms with Crippen LogP contribution in [0.15, 0.2) is 46.9 Å². The van der Waals surface area contributed by atoms with E-state index < -0.39 is 5.97 Å². The molecule has 1 heterocycles. The van der Waals surface area contributed by atoms with Gasteiger partial charge in [0.1, 0.15) is 10.7 Å². The normalized spacial score (nSPS) is 21.1. The van der Waals surface area contributed by atoms with Crippen molar-refractivity contribution in [2.75, 3.05) is 0 Å². The third-order valence-electron chi connectivity index (χ3n) is 3.62. The van der Waals surface area contributed by atoms with E-state index in [1.54, 1.807) is 24.3 Å². The maximum absolute atomic E-state index is 12.9. The largest absolute Gasteiger partial charge is 0.375 e. The van der Waals surface area contributed by atoms with E-state index in [2.05, 4.69) is 5.16 Å². The predicted molar refractivity (Wildman–Crippen MR) is 80.1 cm³/mol. The lowest BCUT2D eigenvalue weighted by molar-refractivity contribution is 0.0520. The number of rotatable bonds is 4. The molecule has 1 aliphatic carbocycles. The van der Waals surface area contributed by atoms with E-state index >= 15 is 0 Å². The highest BCUT2D eigenvalue weighted by atomic mass is 32.1. The summed E-state index contributed by atoms with van der Waals surface area (Å²) in [5.74, 6) is -0.0454. The zero-order valence-corrected chi connectivity index (χ0v) is 12.3. The maximum Gasteiger partial charge on any atom is 0.375 e. The van der Waals surface area contributed by atoms with E-state index in [4.69, 9.17) is 4.84 Å². The molecule has 0 saturated heterocycles. The summed E-state index contributed by atoms with van der Waals surface area (Å²) < 4.78 is 12.9. The molecular formula is C16H14FNO2S. The van der Waals surface area contributed by atoms with Gasteiger partial charge in [-0.1, -0.05) is 23.4 Å². The summed E-state index contributed by atoms with van der Waals surface area (Å²) in [6.07, 6.45) is 0.956. The van der Waals surface area contributed by atoms with E-state index in [9.17, 15) is 9.18 Å². The summed E-state index contributed by atoms with van der Waals surface area (Å²) in [5, 5.41) is 5.75. The maximum atomic E-state index is 12.9. The average molecular weight is 303 g/mol. The van der Waals surface area contributed by atoms with Gasteiger partial charge in [-0.15, -0.1) is 11.3 Å². The van der Waals surface area contributed by atoms with Crippen LogP contribution in [0.25, 0.3) is 0 Å². The highest BCUT2D eigenvalue weighted by Gasteiger charge is 2.40. The first kappa shape index (κ1) is 13.9. The summed E-state index contributed by atoms with van der Waals surface area (Å²) in [6, 6.07) is 10.0. The van der Waals surface area contributed by atoms with Crippen molar-refractivity contribution in [2.45, 2.75) is 19.3 Å². The number of carbonyl (C=O) groups is 1. The second-order valence-corrected chi connectivity index (χ2v) is 6.04. The van der Waals surface area contributed by atoms with E-state index in [1.165, 1.54) is 23.5 Å². The van der Waals surface area contributed by atoms with Crippen molar-refractivity contribution < 1.29 is 14.0 Å². The van der Waals surface area contributed by atoms with Crippen molar-refractivity contribution in [2.24, 2.45) is 11.1 Å². The van der Waals surface area contributed by atoms with Gasteiger partial charge in [-0.05, 0) is 48.4 Å². The van der Waals surface area contributed by atoms with Gasteiger partial charge in [0, 0.05) is 5.92 Å². The van der Waals surface area contributed by atoms with Gasteiger partial charge in [0.2, 0.25) is 0 Å². The van der Waals surface area contributed by atoms with Crippen molar-refractivity contribution >= 4 is 23.0 Å². The molecule has 5 heteroatoms. The highest BCUT2D eigenvalue weighted by molar-refractivity contribution is 7.11. The molecule has 2 atom stereocenters. The first-order valence-corrected chi connectivity index (χ1v) is 7.58. The topological polar surface area (TPSA) is 38.7 Å². The standard InChI is InChI=1S/C16H14FNO2S/c1-10(18-20-16(19)15-3-2-8-21-15)13-9-14(13)11-4-6-12(17)7-5-11/h2-8,13-14H,9H2,1H3/b18-10+. The molecule has 0 N–H and O–H groups in total. The highest BCUT2D eigenvalue weighted by Crippen LogP contribution is 2.48. The molecule has 1 aliphatic rings. The fraction of sp³-hybridized carbons (Fsp3) is 0.250. The molecular weight excluding hydrogens is 289 g/mol. The first-order chi connectivity index (χ1) is 10.1. The minimum Gasteiger partial charge on any atom is -0.312 e. The van der Waals surface area contributed by atoms with Gasteiger partial charge in [0.25, 0.3) is 0 Å². The first-order valence-electron chi connectivity index (χ1n) is 6.70. The Morgan fingerprint density at radius 2 is 2.10 bits per heavy atom. The van der Waals surface area contributed by atoms with Gasteiger partial charge in [-0.25, -0.2) is 9.18 Å². The molecule has 21 heavy (non-hydrogen) atoms. The van der Waals surface area contributed by atoms with Crippen LogP contribution >= 0.6 is 11.3 Å². The molecule has 3 nitrogen and oxygen atoms in total. The van der Waals surface area contributed by atoms with E-state index in [0.29, 0.717) is 10.8 Å². The van der Waals surface area contributed by atoms with Gasteiger partial charge in [-0.2, -0.15) is 0 Å². The fourth-order valence-electron chi connectivity index (χ4n) is 2.36. The number of oxime groups is 1. The molecule has 0 radical (unpaired) electrons. The summed E-state index contributed by atoms with van der Waals surface area (Å²) >= 11 is 1.33. The summed E-state index contributed by atoms with van der Waals surface area (Å²) in [7, 11) is 0. The van der Waals surface area contributed by atoms with Crippen LogP contribution in [0.5, 0.6) is 0 Å². The monoisotopic (exact) mass is 303 g/mol. The van der Waals surface area contributed by atoms with Gasteiger partial charge in [0.15, 0.2) is 0 Å². The second-order valence-electron chi connectivity index (χ2n) is 5.09. The molecule has 0 spiro atoms. The molecule has 1 aromatic heterocycles. The van der Waals surface area contributed by atoms with Gasteiger partial charge >= 0.3 is 5.97 Å². The average Bonchev–Trinajstić information content (AvgIpc) is 3.09. The zero-order chi connectivity index (χ0) is 14.8. The Morgan fingerprint density at radius 1 is 1.33 bits per heavy atom. The van der Waals surface area contributed by atoms with Crippen molar-refractivity contribution in [3.8, 4) is 0 Å². The zero-order valence-electron chi connectivity index (χ0n) is 11.5. The van der Waals surface area contributed by atoms with Crippen LogP contribution in [-0.2, 0) is 4.84 Å². The quantitative estimate of drug-likeness (QED) is 0.482. The van der Waals surface area contributed by atoms with E-state index in [0.717, 1.165) is 17.7 Å². The molecule has 0 bridgehead atoms. The number of halogens is 1. The number of hydrogen-bond donors (Lipinski definition) is 0. The molecule has 3 rings (SSSR count). The van der Waals surface area contributed by atoms with Crippen LogP contribution in [0.4, 0.5) is 4.39 Å². The number of benzene rings is 1. The number of hydrogen-bond acceptors (Lipinski definition) is 4. The SMILES string of the molecule is C/C(=N\OC(=O)c1cccs1)C1CC1c1ccc(F)cc1. The Hall–Kier alpha value is -2.01. The van der Waals surface area contributed by atoms with Crippen LogP contribution in [-0.4, -0.2) is 11.7 Å². The minimum absolute atomic E-state index is 0.230. The second kappa shape index (κ2) is 5.77. The molecule has 2 aromatic rings. The third-order valence-corrected chi connectivity index (χ3v) is 4.47. The minimum atomic E-state index is -0.427. The van der Waals surface area contributed by atoms with Crippen LogP contribution in [0.1, 0.15) is 34.5 Å². The molecule has 1 aromatic carbocycles. The Morgan fingerprint density at radius 3 is 2.76 bits per heavy atom. The lowest BCUT2D eigenvalue weighted by Crippen LogP contribution is -2.03. The van der Waals surface area contributed by atoms with Crippen LogP contribution in [0, 0.1) is 11.7 Å². The lowest BCUT2D eigenvalue weighted by Gasteiger charge is -2.01. The third kappa shape index (κ3) is 3.19. The van der Waals surface area contributed by atoms with Crippen molar-refractivity contribution in [3.63, 3.8) is 0 Å². The van der Waals surface area contributed by atoms with Crippen LogP contribution < -0.4 is 0 Å². The van der Waals surface area contributed by atoms with Crippen molar-refractivity contribution in [1.82, 2.24) is 0 Å². The predicted octanol–water partition coefficient (Wildman–Crippen LogP) is 4.22. The fourth-order valence-corrected chi connectivity index (χ4v) is 2.95. The van der Waals surface area contributed by atoms with E-state index in [-0.39, 0.29) is 11.7 Å². The molecule has 1 saturated carbocycles. The van der Waals surface area contributed by atoms with E-state index in [1.807, 2.05) is 12.3 Å². The molecule has 0 aliphatic heterocycles. The van der Waals surface area contributed by atoms with Crippen molar-refractivity contribution in [1.29, 1.82) is 0 Å². The summed E-state index contributed by atoms with van der Waals surface area (Å²) in [6.45, 7) is 1.86. The molecule has 0 amide bonds. The summed E-state index contributed by atoms with van der Waals surface area (Å²) in [5.41, 5.74) is 1.90.